The molecule has 0 saturated heterocycles. The fourth-order valence-electron chi connectivity index (χ4n) is 0.562. The van der Waals surface area contributed by atoms with E-state index in [0.29, 0.717) is 4.38 Å². The van der Waals surface area contributed by atoms with Gasteiger partial charge in [0, 0.05) is 12.4 Å². The molecule has 0 aliphatic carbocycles. The summed E-state index contributed by atoms with van der Waals surface area (Å²) < 4.78 is 5.85. The molecule has 4 heteroatoms. The van der Waals surface area contributed by atoms with Gasteiger partial charge >= 0.3 is 0 Å². The Balaban J connectivity index is 3.10. The van der Waals surface area contributed by atoms with E-state index in [4.69, 9.17) is 22.1 Å². The van der Waals surface area contributed by atoms with Crippen LogP contribution in [-0.2, 0) is 4.74 Å². The minimum Gasteiger partial charge on any atom is -0.479 e. The van der Waals surface area contributed by atoms with Crippen LogP contribution in [0.5, 0.6) is 0 Å². The van der Waals surface area contributed by atoms with Crippen molar-refractivity contribution in [3.63, 3.8) is 0 Å². The van der Waals surface area contributed by atoms with Gasteiger partial charge < -0.3 is 9.84 Å². The van der Waals surface area contributed by atoms with E-state index >= 15 is 0 Å². The standard InChI is InChI=1S/C8H16O2S2/c1-2-3-6-10-8(11)12-7-4-5-9/h9H,2-7H2,1H3. The Hall–Kier alpha value is 0.200. The second kappa shape index (κ2) is 9.29. The molecular weight excluding hydrogens is 192 g/mol. The van der Waals surface area contributed by atoms with Crippen LogP contribution < -0.4 is 0 Å². The number of rotatable bonds is 6. The highest BCUT2D eigenvalue weighted by Crippen LogP contribution is 2.07. The van der Waals surface area contributed by atoms with Crippen LogP contribution in [0.3, 0.4) is 0 Å². The van der Waals surface area contributed by atoms with E-state index in [9.17, 15) is 0 Å². The molecule has 0 saturated carbocycles. The van der Waals surface area contributed by atoms with Gasteiger partial charge in [-0.25, -0.2) is 0 Å². The number of hydrogen-bond donors (Lipinski definition) is 1. The molecule has 2 nitrogen and oxygen atoms in total. The van der Waals surface area contributed by atoms with Crippen molar-refractivity contribution >= 4 is 28.4 Å². The zero-order chi connectivity index (χ0) is 9.23. The maximum atomic E-state index is 8.50. The van der Waals surface area contributed by atoms with E-state index in [2.05, 4.69) is 6.92 Å². The molecule has 0 bridgehead atoms. The molecule has 0 unspecified atom stereocenters. The van der Waals surface area contributed by atoms with Gasteiger partial charge in [0.05, 0.1) is 6.61 Å². The van der Waals surface area contributed by atoms with Gasteiger partial charge in [0.15, 0.2) is 0 Å². The van der Waals surface area contributed by atoms with Crippen molar-refractivity contribution in [1.29, 1.82) is 0 Å². The van der Waals surface area contributed by atoms with Crippen LogP contribution in [0, 0.1) is 0 Å². The number of unbranched alkanes of at least 4 members (excludes halogenated alkanes) is 1. The van der Waals surface area contributed by atoms with Gasteiger partial charge in [-0.3, -0.25) is 0 Å². The third-order valence-corrected chi connectivity index (χ3v) is 2.56. The number of thiocarbonyl (C=S) groups is 1. The molecule has 0 heterocycles. The van der Waals surface area contributed by atoms with Crippen LogP contribution in [0.15, 0.2) is 0 Å². The van der Waals surface area contributed by atoms with Crippen molar-refractivity contribution < 1.29 is 9.84 Å². The zero-order valence-corrected chi connectivity index (χ0v) is 9.05. The summed E-state index contributed by atoms with van der Waals surface area (Å²) in [4.78, 5) is 0. The van der Waals surface area contributed by atoms with Crippen molar-refractivity contribution in [1.82, 2.24) is 0 Å². The number of aliphatic hydroxyl groups excluding tert-OH is 1. The van der Waals surface area contributed by atoms with Gasteiger partial charge in [-0.2, -0.15) is 0 Å². The van der Waals surface area contributed by atoms with E-state index < -0.39 is 0 Å². The molecule has 0 aliphatic heterocycles. The third-order valence-electron chi connectivity index (χ3n) is 1.24. The van der Waals surface area contributed by atoms with Crippen molar-refractivity contribution in [3.8, 4) is 0 Å². The summed E-state index contributed by atoms with van der Waals surface area (Å²) in [7, 11) is 0. The van der Waals surface area contributed by atoms with Gasteiger partial charge in [0.1, 0.15) is 0 Å². The van der Waals surface area contributed by atoms with Gasteiger partial charge in [-0.05, 0) is 25.1 Å². The van der Waals surface area contributed by atoms with Crippen molar-refractivity contribution in [2.24, 2.45) is 0 Å². The quantitative estimate of drug-likeness (QED) is 0.535. The van der Waals surface area contributed by atoms with Crippen LogP contribution >= 0.6 is 24.0 Å². The Morgan fingerprint density at radius 1 is 1.50 bits per heavy atom. The molecule has 0 aromatic carbocycles. The van der Waals surface area contributed by atoms with E-state index in [1.807, 2.05) is 0 Å². The molecule has 1 N–H and O–H groups in total. The predicted octanol–water partition coefficient (Wildman–Crippen LogP) is 2.20. The lowest BCUT2D eigenvalue weighted by Gasteiger charge is -2.04. The Kier molecular flexibility index (Phi) is 9.44. The SMILES string of the molecule is CCCCOC(=S)SCCCO. The van der Waals surface area contributed by atoms with Crippen molar-refractivity contribution in [2.45, 2.75) is 26.2 Å². The molecule has 0 fully saturated rings. The highest BCUT2D eigenvalue weighted by molar-refractivity contribution is 8.22. The molecule has 0 spiro atoms. The molecule has 0 aliphatic rings. The maximum absolute atomic E-state index is 8.50. The molecule has 0 amide bonds. The summed E-state index contributed by atoms with van der Waals surface area (Å²) in [6.45, 7) is 3.07. The molecule has 72 valence electrons. The minimum atomic E-state index is 0.227. The molecule has 12 heavy (non-hydrogen) atoms. The predicted molar refractivity (Wildman–Crippen MR) is 57.6 cm³/mol. The Morgan fingerprint density at radius 2 is 2.25 bits per heavy atom. The van der Waals surface area contributed by atoms with Crippen LogP contribution in [-0.4, -0.2) is 28.5 Å². The lowest BCUT2D eigenvalue weighted by atomic mass is 10.4. The number of aliphatic hydroxyl groups is 1. The van der Waals surface area contributed by atoms with Gasteiger partial charge in [0.2, 0.25) is 4.38 Å². The molecule has 0 atom stereocenters. The van der Waals surface area contributed by atoms with Crippen molar-refractivity contribution in [2.75, 3.05) is 19.0 Å². The first-order valence-corrected chi connectivity index (χ1v) is 5.61. The second-order valence-electron chi connectivity index (χ2n) is 2.38. The van der Waals surface area contributed by atoms with Crippen molar-refractivity contribution in [3.05, 3.63) is 0 Å². The van der Waals surface area contributed by atoms with E-state index in [1.165, 1.54) is 11.8 Å². The Morgan fingerprint density at radius 3 is 2.83 bits per heavy atom. The highest BCUT2D eigenvalue weighted by atomic mass is 32.2. The van der Waals surface area contributed by atoms with Gasteiger partial charge in [0.25, 0.3) is 0 Å². The monoisotopic (exact) mass is 208 g/mol. The number of ether oxygens (including phenoxy) is 1. The lowest BCUT2D eigenvalue weighted by Crippen LogP contribution is -2.00. The first-order valence-electron chi connectivity index (χ1n) is 4.21. The fraction of sp³-hybridized carbons (Fsp3) is 0.875. The maximum Gasteiger partial charge on any atom is 0.219 e. The summed E-state index contributed by atoms with van der Waals surface area (Å²) >= 11 is 6.44. The van der Waals surface area contributed by atoms with Crippen LogP contribution in [0.2, 0.25) is 0 Å². The van der Waals surface area contributed by atoms with Gasteiger partial charge in [-0.1, -0.05) is 25.1 Å². The van der Waals surface area contributed by atoms with E-state index in [-0.39, 0.29) is 6.61 Å². The van der Waals surface area contributed by atoms with Gasteiger partial charge in [-0.15, -0.1) is 0 Å². The minimum absolute atomic E-state index is 0.227. The first kappa shape index (κ1) is 12.2. The topological polar surface area (TPSA) is 29.5 Å². The average molecular weight is 208 g/mol. The van der Waals surface area contributed by atoms with Crippen LogP contribution in [0.1, 0.15) is 26.2 Å². The largest absolute Gasteiger partial charge is 0.479 e. The molecule has 0 rings (SSSR count). The number of thioether (sulfide) groups is 1. The summed E-state index contributed by atoms with van der Waals surface area (Å²) in [5, 5.41) is 8.50. The van der Waals surface area contributed by atoms with E-state index in [1.54, 1.807) is 0 Å². The smallest absolute Gasteiger partial charge is 0.219 e. The summed E-state index contributed by atoms with van der Waals surface area (Å²) in [6.07, 6.45) is 2.96. The van der Waals surface area contributed by atoms with Crippen LogP contribution in [0.25, 0.3) is 0 Å². The molecular formula is C8H16O2S2. The molecule has 0 aromatic heterocycles. The summed E-state index contributed by atoms with van der Waals surface area (Å²) in [5.41, 5.74) is 0. The van der Waals surface area contributed by atoms with E-state index in [0.717, 1.165) is 31.6 Å². The molecule has 0 radical (unpaired) electrons. The highest BCUT2D eigenvalue weighted by Gasteiger charge is 1.97. The average Bonchev–Trinajstić information content (AvgIpc) is 2.06. The summed E-state index contributed by atoms with van der Waals surface area (Å²) in [6, 6.07) is 0. The first-order chi connectivity index (χ1) is 5.81. The Labute approximate surface area is 83.7 Å². The van der Waals surface area contributed by atoms with Crippen LogP contribution in [0.4, 0.5) is 0 Å². The normalized spacial score (nSPS) is 9.83. The second-order valence-corrected chi connectivity index (χ2v) is 4.07. The third kappa shape index (κ3) is 8.30. The zero-order valence-electron chi connectivity index (χ0n) is 7.41. The summed E-state index contributed by atoms with van der Waals surface area (Å²) in [5.74, 6) is 0.849. The number of hydrogen-bond acceptors (Lipinski definition) is 4. The lowest BCUT2D eigenvalue weighted by molar-refractivity contribution is 0.296. The molecule has 0 aromatic rings. The Bertz CT molecular complexity index is 106. The fourth-order valence-corrected chi connectivity index (χ4v) is 1.50.